The summed E-state index contributed by atoms with van der Waals surface area (Å²) >= 11 is 6.01. The fourth-order valence-electron chi connectivity index (χ4n) is 1.81. The number of rotatable bonds is 3. The van der Waals surface area contributed by atoms with Crippen molar-refractivity contribution >= 4 is 28.8 Å². The van der Waals surface area contributed by atoms with Gasteiger partial charge in [-0.2, -0.15) is 5.10 Å². The Bertz CT molecular complexity index is 575. The fourth-order valence-corrected chi connectivity index (χ4v) is 1.98. The average Bonchev–Trinajstić information content (AvgIpc) is 2.61. The van der Waals surface area contributed by atoms with Gasteiger partial charge in [-0.3, -0.25) is 0 Å². The summed E-state index contributed by atoms with van der Waals surface area (Å²) in [6.45, 7) is 6.72. The number of hydrogen-bond donors (Lipinski definition) is 2. The van der Waals surface area contributed by atoms with Crippen molar-refractivity contribution in [1.82, 2.24) is 9.78 Å². The Morgan fingerprint density at radius 2 is 2.11 bits per heavy atom. The Balaban J connectivity index is 2.42. The van der Waals surface area contributed by atoms with Gasteiger partial charge in [0.05, 0.1) is 11.4 Å². The molecule has 0 aliphatic heterocycles. The number of aryl methyl sites for hydroxylation is 3. The van der Waals surface area contributed by atoms with Crippen LogP contribution in [0.15, 0.2) is 18.2 Å². The van der Waals surface area contributed by atoms with E-state index in [1.54, 1.807) is 0 Å². The van der Waals surface area contributed by atoms with Gasteiger partial charge in [0.1, 0.15) is 0 Å². The van der Waals surface area contributed by atoms with E-state index in [4.69, 9.17) is 17.3 Å². The number of benzene rings is 1. The molecule has 3 N–H and O–H groups in total. The second-order valence-electron chi connectivity index (χ2n) is 4.25. The van der Waals surface area contributed by atoms with Gasteiger partial charge in [-0.05, 0) is 38.5 Å². The second kappa shape index (κ2) is 4.90. The Morgan fingerprint density at radius 1 is 1.39 bits per heavy atom. The van der Waals surface area contributed by atoms with Crippen LogP contribution in [0.5, 0.6) is 0 Å². The molecule has 4 nitrogen and oxygen atoms in total. The van der Waals surface area contributed by atoms with Gasteiger partial charge in [-0.25, -0.2) is 4.68 Å². The minimum Gasteiger partial charge on any atom is -0.394 e. The van der Waals surface area contributed by atoms with E-state index in [0.29, 0.717) is 10.7 Å². The third kappa shape index (κ3) is 2.29. The standard InChI is InChI=1S/C13H17ClN4/c1-4-18-13(12(15)9(3)17-18)16-11-7-10(14)6-5-8(11)2/h5-7,16H,4,15H2,1-3H3. The fraction of sp³-hybridized carbons (Fsp3) is 0.308. The predicted molar refractivity (Wildman–Crippen MR) is 76.5 cm³/mol. The number of nitrogens with zero attached hydrogens (tertiary/aromatic N) is 2. The molecule has 18 heavy (non-hydrogen) atoms. The number of nitrogens with two attached hydrogens (primary N) is 1. The quantitative estimate of drug-likeness (QED) is 0.892. The summed E-state index contributed by atoms with van der Waals surface area (Å²) in [5, 5.41) is 8.38. The molecule has 1 aromatic carbocycles. The second-order valence-corrected chi connectivity index (χ2v) is 4.68. The van der Waals surface area contributed by atoms with Crippen molar-refractivity contribution in [3.63, 3.8) is 0 Å². The molecule has 0 unspecified atom stereocenters. The zero-order valence-corrected chi connectivity index (χ0v) is 11.5. The minimum atomic E-state index is 0.677. The van der Waals surface area contributed by atoms with Crippen LogP contribution in [-0.2, 0) is 6.54 Å². The summed E-state index contributed by atoms with van der Waals surface area (Å²) < 4.78 is 1.85. The van der Waals surface area contributed by atoms with Gasteiger partial charge in [0, 0.05) is 17.3 Å². The number of anilines is 3. The maximum atomic E-state index is 6.04. The molecule has 0 saturated heterocycles. The van der Waals surface area contributed by atoms with Gasteiger partial charge in [0.2, 0.25) is 0 Å². The first-order valence-electron chi connectivity index (χ1n) is 5.89. The molecule has 2 aromatic rings. The van der Waals surface area contributed by atoms with E-state index in [0.717, 1.165) is 29.3 Å². The summed E-state index contributed by atoms with van der Waals surface area (Å²) in [6, 6.07) is 5.73. The van der Waals surface area contributed by atoms with Gasteiger partial charge in [-0.1, -0.05) is 17.7 Å². The van der Waals surface area contributed by atoms with Crippen molar-refractivity contribution in [2.45, 2.75) is 27.3 Å². The van der Waals surface area contributed by atoms with Gasteiger partial charge in [-0.15, -0.1) is 0 Å². The molecule has 96 valence electrons. The molecule has 0 fully saturated rings. The number of halogens is 1. The van der Waals surface area contributed by atoms with E-state index in [1.807, 2.05) is 43.7 Å². The minimum absolute atomic E-state index is 0.677. The molecular weight excluding hydrogens is 248 g/mol. The molecule has 0 atom stereocenters. The summed E-state index contributed by atoms with van der Waals surface area (Å²) in [5.74, 6) is 0.820. The van der Waals surface area contributed by atoms with Gasteiger partial charge in [0.25, 0.3) is 0 Å². The zero-order valence-electron chi connectivity index (χ0n) is 10.8. The lowest BCUT2D eigenvalue weighted by Gasteiger charge is -2.12. The van der Waals surface area contributed by atoms with E-state index in [2.05, 4.69) is 10.4 Å². The van der Waals surface area contributed by atoms with Crippen LogP contribution in [0.2, 0.25) is 5.02 Å². The van der Waals surface area contributed by atoms with Gasteiger partial charge >= 0.3 is 0 Å². The third-order valence-corrected chi connectivity index (χ3v) is 3.16. The Labute approximate surface area is 112 Å². The Hall–Kier alpha value is -1.68. The van der Waals surface area contributed by atoms with E-state index in [1.165, 1.54) is 0 Å². The number of aromatic nitrogens is 2. The lowest BCUT2D eigenvalue weighted by molar-refractivity contribution is 0.661. The van der Waals surface area contributed by atoms with E-state index in [9.17, 15) is 0 Å². The largest absolute Gasteiger partial charge is 0.394 e. The van der Waals surface area contributed by atoms with E-state index < -0.39 is 0 Å². The summed E-state index contributed by atoms with van der Waals surface area (Å²) in [5.41, 5.74) is 9.60. The van der Waals surface area contributed by atoms with Crippen LogP contribution in [-0.4, -0.2) is 9.78 Å². The summed E-state index contributed by atoms with van der Waals surface area (Å²) in [6.07, 6.45) is 0. The highest BCUT2D eigenvalue weighted by Gasteiger charge is 2.12. The first-order chi connectivity index (χ1) is 8.52. The number of hydrogen-bond acceptors (Lipinski definition) is 3. The SMILES string of the molecule is CCn1nc(C)c(N)c1Nc1cc(Cl)ccc1C. The van der Waals surface area contributed by atoms with Crippen molar-refractivity contribution in [1.29, 1.82) is 0 Å². The maximum absolute atomic E-state index is 6.04. The molecular formula is C13H17ClN4. The molecule has 0 saturated carbocycles. The molecule has 0 aliphatic carbocycles. The van der Waals surface area contributed by atoms with E-state index >= 15 is 0 Å². The molecule has 1 aromatic heterocycles. The van der Waals surface area contributed by atoms with Crippen molar-refractivity contribution in [3.8, 4) is 0 Å². The zero-order chi connectivity index (χ0) is 13.3. The highest BCUT2D eigenvalue weighted by atomic mass is 35.5. The molecule has 0 bridgehead atoms. The van der Waals surface area contributed by atoms with Crippen LogP contribution >= 0.6 is 11.6 Å². The molecule has 0 aliphatic rings. The number of nitrogen functional groups attached to an aromatic ring is 1. The van der Waals surface area contributed by atoms with Crippen molar-refractivity contribution < 1.29 is 0 Å². The maximum Gasteiger partial charge on any atom is 0.152 e. The van der Waals surface area contributed by atoms with Crippen LogP contribution in [0.25, 0.3) is 0 Å². The van der Waals surface area contributed by atoms with Crippen molar-refractivity contribution in [2.24, 2.45) is 0 Å². The first kappa shape index (κ1) is 12.8. The predicted octanol–water partition coefficient (Wildman–Crippen LogP) is 3.50. The van der Waals surface area contributed by atoms with Crippen LogP contribution < -0.4 is 11.1 Å². The Morgan fingerprint density at radius 3 is 2.78 bits per heavy atom. The van der Waals surface area contributed by atoms with Crippen LogP contribution in [0.3, 0.4) is 0 Å². The lowest BCUT2D eigenvalue weighted by atomic mass is 10.2. The third-order valence-electron chi connectivity index (χ3n) is 2.93. The molecule has 0 spiro atoms. The molecule has 2 rings (SSSR count). The summed E-state index contributed by atoms with van der Waals surface area (Å²) in [4.78, 5) is 0. The first-order valence-corrected chi connectivity index (χ1v) is 6.26. The molecule has 0 radical (unpaired) electrons. The monoisotopic (exact) mass is 264 g/mol. The van der Waals surface area contributed by atoms with Gasteiger partial charge < -0.3 is 11.1 Å². The smallest absolute Gasteiger partial charge is 0.152 e. The molecule has 1 heterocycles. The van der Waals surface area contributed by atoms with Crippen LogP contribution in [0.4, 0.5) is 17.2 Å². The van der Waals surface area contributed by atoms with Crippen LogP contribution in [0.1, 0.15) is 18.2 Å². The number of nitrogens with one attached hydrogen (secondary N) is 1. The Kier molecular flexibility index (Phi) is 3.48. The highest BCUT2D eigenvalue weighted by molar-refractivity contribution is 6.30. The van der Waals surface area contributed by atoms with Crippen molar-refractivity contribution in [2.75, 3.05) is 11.1 Å². The van der Waals surface area contributed by atoms with Crippen molar-refractivity contribution in [3.05, 3.63) is 34.5 Å². The average molecular weight is 265 g/mol. The topological polar surface area (TPSA) is 55.9 Å². The van der Waals surface area contributed by atoms with Crippen LogP contribution in [0, 0.1) is 13.8 Å². The normalized spacial score (nSPS) is 10.7. The summed E-state index contributed by atoms with van der Waals surface area (Å²) in [7, 11) is 0. The van der Waals surface area contributed by atoms with E-state index in [-0.39, 0.29) is 0 Å². The highest BCUT2D eigenvalue weighted by Crippen LogP contribution is 2.29. The lowest BCUT2D eigenvalue weighted by Crippen LogP contribution is -2.05. The van der Waals surface area contributed by atoms with Gasteiger partial charge in [0.15, 0.2) is 5.82 Å². The molecule has 5 heteroatoms. The molecule has 0 amide bonds.